The van der Waals surface area contributed by atoms with Gasteiger partial charge in [0.05, 0.1) is 19.5 Å². The third kappa shape index (κ3) is 10.6. The fraction of sp³-hybridized carbons (Fsp3) is 0.343. The molecule has 0 aliphatic carbocycles. The Hall–Kier alpha value is -4.41. The van der Waals surface area contributed by atoms with E-state index in [1.807, 2.05) is 60.7 Å². The van der Waals surface area contributed by atoms with Crippen molar-refractivity contribution in [1.82, 2.24) is 25.8 Å². The maximum atomic E-state index is 13.9. The maximum Gasteiger partial charge on any atom is 0.243 e. The molecule has 0 spiro atoms. The van der Waals surface area contributed by atoms with Crippen molar-refractivity contribution < 1.29 is 24.0 Å². The molecule has 1 aliphatic heterocycles. The van der Waals surface area contributed by atoms with Gasteiger partial charge in [0.2, 0.25) is 29.5 Å². The first-order valence-electron chi connectivity index (χ1n) is 15.5. The van der Waals surface area contributed by atoms with Crippen molar-refractivity contribution in [3.63, 3.8) is 0 Å². The Labute approximate surface area is 284 Å². The lowest BCUT2D eigenvalue weighted by Crippen LogP contribution is -2.52. The van der Waals surface area contributed by atoms with Crippen LogP contribution in [0.2, 0.25) is 10.0 Å². The van der Waals surface area contributed by atoms with Crippen molar-refractivity contribution in [3.8, 4) is 0 Å². The van der Waals surface area contributed by atoms with Crippen molar-refractivity contribution in [2.24, 2.45) is 0 Å². The van der Waals surface area contributed by atoms with Crippen molar-refractivity contribution >= 4 is 52.7 Å². The topological polar surface area (TPSA) is 128 Å². The van der Waals surface area contributed by atoms with Crippen LogP contribution in [0.25, 0.3) is 0 Å². The molecule has 12 heteroatoms. The molecule has 1 unspecified atom stereocenters. The van der Waals surface area contributed by atoms with Crippen LogP contribution in [0, 0.1) is 0 Å². The minimum absolute atomic E-state index is 0.0644. The van der Waals surface area contributed by atoms with Crippen molar-refractivity contribution in [2.45, 2.75) is 38.1 Å². The molecule has 4 rings (SSSR count). The number of carbonyl (C=O) groups is 5. The molecule has 0 bridgehead atoms. The van der Waals surface area contributed by atoms with Crippen molar-refractivity contribution in [1.29, 1.82) is 0 Å². The minimum atomic E-state index is -1.11. The van der Waals surface area contributed by atoms with Gasteiger partial charge < -0.3 is 25.8 Å². The molecule has 5 amide bonds. The minimum Gasteiger partial charge on any atom is -0.355 e. The molecular formula is C35H39Cl2N5O5. The van der Waals surface area contributed by atoms with E-state index in [2.05, 4.69) is 16.0 Å². The Morgan fingerprint density at radius 2 is 1.47 bits per heavy atom. The summed E-state index contributed by atoms with van der Waals surface area (Å²) < 4.78 is 0. The highest BCUT2D eigenvalue weighted by Gasteiger charge is 2.38. The van der Waals surface area contributed by atoms with Gasteiger partial charge >= 0.3 is 0 Å². The maximum absolute atomic E-state index is 13.9. The van der Waals surface area contributed by atoms with Crippen LogP contribution in [-0.2, 0) is 30.4 Å². The summed E-state index contributed by atoms with van der Waals surface area (Å²) in [5, 5.41) is 8.76. The van der Waals surface area contributed by atoms with E-state index in [4.69, 9.17) is 23.2 Å². The first-order chi connectivity index (χ1) is 22.6. The standard InChI is InChI=1S/C35H39Cl2N5O5/c1-24(43)38-16-17-39-32(44)22-40-35(47)31-21-33(45)41(18-14-27-12-13-28(36)20-30(27)37)23-34(46)42(31)19-15-29(25-8-4-2-5-9-25)26-10-6-3-7-11-26/h2-13,20,29,31H,14-19,21-23H2,1H3,(H,38,43)(H,39,44)(H,40,47). The van der Waals surface area contributed by atoms with Crippen LogP contribution in [0.4, 0.5) is 0 Å². The zero-order valence-corrected chi connectivity index (χ0v) is 27.7. The molecule has 248 valence electrons. The molecule has 1 heterocycles. The Morgan fingerprint density at radius 3 is 2.09 bits per heavy atom. The van der Waals surface area contributed by atoms with Crippen LogP contribution in [0.1, 0.15) is 42.4 Å². The lowest BCUT2D eigenvalue weighted by molar-refractivity contribution is -0.140. The Balaban J connectivity index is 1.51. The normalized spacial score (nSPS) is 14.9. The molecule has 0 aromatic heterocycles. The summed E-state index contributed by atoms with van der Waals surface area (Å²) in [6.07, 6.45) is 0.661. The van der Waals surface area contributed by atoms with Crippen LogP contribution >= 0.6 is 23.2 Å². The molecule has 1 aliphatic rings. The SMILES string of the molecule is CC(=O)NCCNC(=O)CNC(=O)C1CC(=O)N(CCc2ccc(Cl)cc2Cl)CC(=O)N1CCC(c1ccccc1)c1ccccc1. The number of benzene rings is 3. The molecule has 1 atom stereocenters. The molecule has 3 aromatic rings. The lowest BCUT2D eigenvalue weighted by Gasteiger charge is -2.30. The number of hydrogen-bond donors (Lipinski definition) is 3. The number of nitrogens with zero attached hydrogens (tertiary/aromatic N) is 2. The van der Waals surface area contributed by atoms with E-state index in [9.17, 15) is 24.0 Å². The van der Waals surface area contributed by atoms with Crippen LogP contribution in [0.3, 0.4) is 0 Å². The quantitative estimate of drug-likeness (QED) is 0.225. The van der Waals surface area contributed by atoms with Gasteiger partial charge in [0.1, 0.15) is 6.04 Å². The van der Waals surface area contributed by atoms with Crippen LogP contribution in [0.15, 0.2) is 78.9 Å². The summed E-state index contributed by atoms with van der Waals surface area (Å²) in [7, 11) is 0. The van der Waals surface area contributed by atoms with E-state index >= 15 is 0 Å². The second kappa shape index (κ2) is 17.5. The highest BCUT2D eigenvalue weighted by Crippen LogP contribution is 2.29. The predicted molar refractivity (Wildman–Crippen MR) is 181 cm³/mol. The van der Waals surface area contributed by atoms with Crippen molar-refractivity contribution in [2.75, 3.05) is 39.3 Å². The fourth-order valence-electron chi connectivity index (χ4n) is 5.57. The van der Waals surface area contributed by atoms with E-state index in [0.29, 0.717) is 22.9 Å². The zero-order chi connectivity index (χ0) is 33.8. The molecule has 0 radical (unpaired) electrons. The van der Waals surface area contributed by atoms with Gasteiger partial charge in [-0.1, -0.05) is 89.9 Å². The molecule has 10 nitrogen and oxygen atoms in total. The number of nitrogens with one attached hydrogen (secondary N) is 3. The molecule has 3 aromatic carbocycles. The summed E-state index contributed by atoms with van der Waals surface area (Å²) >= 11 is 12.4. The third-order valence-electron chi connectivity index (χ3n) is 8.02. The first kappa shape index (κ1) is 35.4. The largest absolute Gasteiger partial charge is 0.355 e. The monoisotopic (exact) mass is 679 g/mol. The van der Waals surface area contributed by atoms with Crippen LogP contribution < -0.4 is 16.0 Å². The van der Waals surface area contributed by atoms with Gasteiger partial charge in [-0.05, 0) is 41.7 Å². The third-order valence-corrected chi connectivity index (χ3v) is 8.61. The van der Waals surface area contributed by atoms with Gasteiger partial charge in [0, 0.05) is 49.1 Å². The second-order valence-corrected chi connectivity index (χ2v) is 12.2. The second-order valence-electron chi connectivity index (χ2n) is 11.3. The molecule has 3 N–H and O–H groups in total. The molecule has 1 fully saturated rings. The highest BCUT2D eigenvalue weighted by molar-refractivity contribution is 6.35. The van der Waals surface area contributed by atoms with Gasteiger partial charge in [-0.15, -0.1) is 0 Å². The van der Waals surface area contributed by atoms with E-state index in [1.54, 1.807) is 18.2 Å². The Bertz CT molecular complexity index is 1520. The summed E-state index contributed by atoms with van der Waals surface area (Å²) in [6.45, 7) is 1.70. The van der Waals surface area contributed by atoms with E-state index in [-0.39, 0.29) is 69.3 Å². The van der Waals surface area contributed by atoms with Crippen molar-refractivity contribution in [3.05, 3.63) is 106 Å². The van der Waals surface area contributed by atoms with E-state index in [0.717, 1.165) is 16.7 Å². The predicted octanol–water partition coefficient (Wildman–Crippen LogP) is 3.56. The number of halogens is 2. The van der Waals surface area contributed by atoms with Gasteiger partial charge in [0.15, 0.2) is 0 Å². The summed E-state index contributed by atoms with van der Waals surface area (Å²) in [5.74, 6) is -2.06. The Kier molecular flexibility index (Phi) is 13.2. The average Bonchev–Trinajstić information content (AvgIpc) is 3.17. The number of carbonyl (C=O) groups excluding carboxylic acids is 5. The molecule has 1 saturated heterocycles. The number of rotatable bonds is 14. The number of amides is 5. The molecule has 47 heavy (non-hydrogen) atoms. The van der Waals surface area contributed by atoms with Gasteiger partial charge in [-0.3, -0.25) is 24.0 Å². The smallest absolute Gasteiger partial charge is 0.243 e. The summed E-state index contributed by atoms with van der Waals surface area (Å²) in [5.41, 5.74) is 2.91. The summed E-state index contributed by atoms with van der Waals surface area (Å²) in [6, 6.07) is 23.9. The van der Waals surface area contributed by atoms with Gasteiger partial charge in [-0.2, -0.15) is 0 Å². The van der Waals surface area contributed by atoms with Gasteiger partial charge in [0.25, 0.3) is 0 Å². The highest BCUT2D eigenvalue weighted by atomic mass is 35.5. The average molecular weight is 681 g/mol. The van der Waals surface area contributed by atoms with E-state index < -0.39 is 17.9 Å². The summed E-state index contributed by atoms with van der Waals surface area (Å²) in [4.78, 5) is 67.3. The fourth-order valence-corrected chi connectivity index (χ4v) is 6.07. The Morgan fingerprint density at radius 1 is 0.830 bits per heavy atom. The molecule has 0 saturated carbocycles. The van der Waals surface area contributed by atoms with E-state index in [1.165, 1.54) is 16.7 Å². The zero-order valence-electron chi connectivity index (χ0n) is 26.2. The van der Waals surface area contributed by atoms with Crippen LogP contribution in [0.5, 0.6) is 0 Å². The number of hydrogen-bond acceptors (Lipinski definition) is 5. The first-order valence-corrected chi connectivity index (χ1v) is 16.3. The molecular weight excluding hydrogens is 641 g/mol. The lowest BCUT2D eigenvalue weighted by atomic mass is 9.88. The van der Waals surface area contributed by atoms with Gasteiger partial charge in [-0.25, -0.2) is 0 Å². The van der Waals surface area contributed by atoms with Crippen LogP contribution in [-0.4, -0.2) is 84.6 Å².